The Morgan fingerprint density at radius 1 is 1.20 bits per heavy atom. The summed E-state index contributed by atoms with van der Waals surface area (Å²) in [5, 5.41) is 12.5. The van der Waals surface area contributed by atoms with Gasteiger partial charge in [0.1, 0.15) is 5.75 Å². The second-order valence-corrected chi connectivity index (χ2v) is 4.53. The Hall–Kier alpha value is -2.49. The third-order valence-electron chi connectivity index (χ3n) is 3.03. The van der Waals surface area contributed by atoms with Crippen LogP contribution in [0, 0.1) is 6.92 Å². The van der Waals surface area contributed by atoms with Crippen molar-refractivity contribution in [1.29, 1.82) is 0 Å². The Morgan fingerprint density at radius 2 is 1.95 bits per heavy atom. The molecule has 0 amide bonds. The van der Waals surface area contributed by atoms with E-state index in [1.54, 1.807) is 25.3 Å². The molecule has 2 rings (SSSR count). The number of hydrogen-bond donors (Lipinski definition) is 2. The Morgan fingerprint density at radius 3 is 2.60 bits per heavy atom. The van der Waals surface area contributed by atoms with Gasteiger partial charge in [-0.2, -0.15) is 0 Å². The highest BCUT2D eigenvalue weighted by Gasteiger charge is 2.20. The van der Waals surface area contributed by atoms with Crippen molar-refractivity contribution in [3.8, 4) is 5.75 Å². The molecule has 0 saturated carbocycles. The second kappa shape index (κ2) is 6.10. The van der Waals surface area contributed by atoms with Gasteiger partial charge in [0.15, 0.2) is 6.04 Å². The Balaban J connectivity index is 2.33. The average molecular weight is 271 g/mol. The lowest BCUT2D eigenvalue weighted by Crippen LogP contribution is -2.20. The van der Waals surface area contributed by atoms with Crippen molar-refractivity contribution in [1.82, 2.24) is 0 Å². The number of nitrogens with one attached hydrogen (secondary N) is 1. The van der Waals surface area contributed by atoms with Gasteiger partial charge in [0, 0.05) is 0 Å². The summed E-state index contributed by atoms with van der Waals surface area (Å²) in [7, 11) is 1.56. The summed E-state index contributed by atoms with van der Waals surface area (Å²) in [6, 6.07) is 13.9. The van der Waals surface area contributed by atoms with Gasteiger partial charge in [-0.05, 0) is 24.6 Å². The van der Waals surface area contributed by atoms with E-state index < -0.39 is 12.0 Å². The second-order valence-electron chi connectivity index (χ2n) is 4.53. The maximum absolute atomic E-state index is 11.5. The van der Waals surface area contributed by atoms with Crippen LogP contribution in [-0.2, 0) is 4.79 Å². The topological polar surface area (TPSA) is 58.6 Å². The summed E-state index contributed by atoms with van der Waals surface area (Å²) in [6.07, 6.45) is 0. The van der Waals surface area contributed by atoms with E-state index in [9.17, 15) is 9.90 Å². The fourth-order valence-electron chi connectivity index (χ4n) is 2.06. The van der Waals surface area contributed by atoms with Crippen LogP contribution in [0.1, 0.15) is 17.2 Å². The van der Waals surface area contributed by atoms with E-state index in [0.717, 1.165) is 5.56 Å². The zero-order chi connectivity index (χ0) is 14.5. The van der Waals surface area contributed by atoms with Gasteiger partial charge in [-0.1, -0.05) is 42.0 Å². The fourth-order valence-corrected chi connectivity index (χ4v) is 2.06. The monoisotopic (exact) mass is 271 g/mol. The molecule has 0 spiro atoms. The summed E-state index contributed by atoms with van der Waals surface area (Å²) in [5.41, 5.74) is 2.39. The van der Waals surface area contributed by atoms with Crippen LogP contribution in [0.15, 0.2) is 48.5 Å². The molecule has 4 heteroatoms. The molecule has 2 aromatic rings. The van der Waals surface area contributed by atoms with Crippen molar-refractivity contribution in [3.05, 3.63) is 59.7 Å². The van der Waals surface area contributed by atoms with Crippen LogP contribution >= 0.6 is 0 Å². The summed E-state index contributed by atoms with van der Waals surface area (Å²) < 4.78 is 5.23. The van der Waals surface area contributed by atoms with Crippen LogP contribution in [0.2, 0.25) is 0 Å². The molecule has 0 aromatic heterocycles. The van der Waals surface area contributed by atoms with Crippen LogP contribution in [0.5, 0.6) is 5.75 Å². The average Bonchev–Trinajstić information content (AvgIpc) is 2.44. The first-order valence-electron chi connectivity index (χ1n) is 6.30. The van der Waals surface area contributed by atoms with Crippen molar-refractivity contribution < 1.29 is 14.6 Å². The lowest BCUT2D eigenvalue weighted by molar-refractivity contribution is -0.138. The van der Waals surface area contributed by atoms with Crippen molar-refractivity contribution in [2.24, 2.45) is 0 Å². The molecule has 0 bridgehead atoms. The summed E-state index contributed by atoms with van der Waals surface area (Å²) in [6.45, 7) is 1.94. The maximum atomic E-state index is 11.5. The van der Waals surface area contributed by atoms with Crippen LogP contribution in [-0.4, -0.2) is 18.2 Å². The molecule has 0 aliphatic carbocycles. The van der Waals surface area contributed by atoms with Gasteiger partial charge in [-0.15, -0.1) is 0 Å². The van der Waals surface area contributed by atoms with E-state index in [4.69, 9.17) is 4.74 Å². The Bertz CT molecular complexity index is 610. The molecule has 4 nitrogen and oxygen atoms in total. The van der Waals surface area contributed by atoms with Gasteiger partial charge in [0.2, 0.25) is 0 Å². The number of rotatable bonds is 5. The largest absolute Gasteiger partial charge is 0.495 e. The minimum absolute atomic E-state index is 0.617. The summed E-state index contributed by atoms with van der Waals surface area (Å²) >= 11 is 0. The lowest BCUT2D eigenvalue weighted by atomic mass is 10.0. The van der Waals surface area contributed by atoms with Gasteiger partial charge in [0.05, 0.1) is 12.8 Å². The molecular weight excluding hydrogens is 254 g/mol. The Kier molecular flexibility index (Phi) is 4.25. The first-order chi connectivity index (χ1) is 9.61. The van der Waals surface area contributed by atoms with Gasteiger partial charge < -0.3 is 15.2 Å². The third-order valence-corrected chi connectivity index (χ3v) is 3.03. The number of aliphatic carboxylic acids is 1. The number of carbonyl (C=O) groups is 1. The van der Waals surface area contributed by atoms with E-state index in [1.807, 2.05) is 37.3 Å². The summed E-state index contributed by atoms with van der Waals surface area (Å²) in [5.74, 6) is -0.312. The maximum Gasteiger partial charge on any atom is 0.330 e. The minimum Gasteiger partial charge on any atom is -0.495 e. The standard InChI is InChI=1S/C16H17NO3/c1-11-6-5-7-12(10-11)15(16(18)19)17-13-8-3-4-9-14(13)20-2/h3-10,15,17H,1-2H3,(H,18,19). The number of benzene rings is 2. The third kappa shape index (κ3) is 3.09. The lowest BCUT2D eigenvalue weighted by Gasteiger charge is -2.18. The van der Waals surface area contributed by atoms with E-state index in [2.05, 4.69) is 5.32 Å². The van der Waals surface area contributed by atoms with Gasteiger partial charge in [-0.3, -0.25) is 0 Å². The molecule has 0 heterocycles. The smallest absolute Gasteiger partial charge is 0.330 e. The van der Waals surface area contributed by atoms with Crippen LogP contribution < -0.4 is 10.1 Å². The first kappa shape index (κ1) is 13.9. The van der Waals surface area contributed by atoms with Crippen LogP contribution in [0.4, 0.5) is 5.69 Å². The molecule has 0 radical (unpaired) electrons. The molecule has 0 saturated heterocycles. The first-order valence-corrected chi connectivity index (χ1v) is 6.30. The van der Waals surface area contributed by atoms with Crippen molar-refractivity contribution in [3.63, 3.8) is 0 Å². The highest BCUT2D eigenvalue weighted by molar-refractivity contribution is 5.80. The number of ether oxygens (including phenoxy) is 1. The number of carboxylic acids is 1. The number of carboxylic acid groups (broad SMARTS) is 1. The van der Waals surface area contributed by atoms with Crippen molar-refractivity contribution in [2.45, 2.75) is 13.0 Å². The van der Waals surface area contributed by atoms with Crippen LogP contribution in [0.3, 0.4) is 0 Å². The highest BCUT2D eigenvalue weighted by atomic mass is 16.5. The van der Waals surface area contributed by atoms with E-state index in [1.165, 1.54) is 0 Å². The summed E-state index contributed by atoms with van der Waals surface area (Å²) in [4.78, 5) is 11.5. The molecule has 0 aliphatic heterocycles. The number of anilines is 1. The predicted molar refractivity (Wildman–Crippen MR) is 78.2 cm³/mol. The fraction of sp³-hybridized carbons (Fsp3) is 0.188. The Labute approximate surface area is 118 Å². The minimum atomic E-state index is -0.929. The number of methoxy groups -OCH3 is 1. The van der Waals surface area contributed by atoms with Gasteiger partial charge >= 0.3 is 5.97 Å². The SMILES string of the molecule is COc1ccccc1NC(C(=O)O)c1cccc(C)c1. The molecule has 1 atom stereocenters. The van der Waals surface area contributed by atoms with E-state index >= 15 is 0 Å². The molecular formula is C16H17NO3. The number of hydrogen-bond acceptors (Lipinski definition) is 3. The number of para-hydroxylation sites is 2. The van der Waals surface area contributed by atoms with Gasteiger partial charge in [0.25, 0.3) is 0 Å². The molecule has 0 fully saturated rings. The molecule has 104 valence electrons. The zero-order valence-electron chi connectivity index (χ0n) is 11.5. The van der Waals surface area contributed by atoms with Crippen molar-refractivity contribution in [2.75, 3.05) is 12.4 Å². The van der Waals surface area contributed by atoms with Gasteiger partial charge in [-0.25, -0.2) is 4.79 Å². The van der Waals surface area contributed by atoms with E-state index in [0.29, 0.717) is 17.0 Å². The molecule has 0 aliphatic rings. The molecule has 2 aromatic carbocycles. The molecule has 1 unspecified atom stereocenters. The zero-order valence-corrected chi connectivity index (χ0v) is 11.5. The van der Waals surface area contributed by atoms with E-state index in [-0.39, 0.29) is 0 Å². The highest BCUT2D eigenvalue weighted by Crippen LogP contribution is 2.28. The molecule has 2 N–H and O–H groups in total. The quantitative estimate of drug-likeness (QED) is 0.876. The van der Waals surface area contributed by atoms with Crippen molar-refractivity contribution >= 4 is 11.7 Å². The molecule has 20 heavy (non-hydrogen) atoms. The predicted octanol–water partition coefficient (Wildman–Crippen LogP) is 3.24. The normalized spacial score (nSPS) is 11.7. The van der Waals surface area contributed by atoms with Crippen LogP contribution in [0.25, 0.3) is 0 Å². The number of aryl methyl sites for hydroxylation is 1.